The molecule has 1 N–H and O–H groups in total. The Morgan fingerprint density at radius 2 is 1.80 bits per heavy atom. The minimum absolute atomic E-state index is 0.154. The molecular weight excluding hydrogens is 334 g/mol. The van der Waals surface area contributed by atoms with Crippen molar-refractivity contribution < 1.29 is 9.59 Å². The van der Waals surface area contributed by atoms with Gasteiger partial charge in [0.2, 0.25) is 0 Å². The maximum absolute atomic E-state index is 12.3. The molecule has 0 spiro atoms. The van der Waals surface area contributed by atoms with Gasteiger partial charge >= 0.3 is 0 Å². The molecule has 0 aromatic heterocycles. The van der Waals surface area contributed by atoms with Crippen LogP contribution in [0.5, 0.6) is 0 Å². The highest BCUT2D eigenvalue weighted by Gasteiger charge is 2.34. The fourth-order valence-corrected chi connectivity index (χ4v) is 4.83. The molecule has 2 heterocycles. The summed E-state index contributed by atoms with van der Waals surface area (Å²) in [5, 5.41) is 4.63. The normalized spacial score (nSPS) is 24.8. The molecule has 1 aromatic carbocycles. The number of rotatable bonds is 5. The molecular formula is C19H23N3O2S. The molecule has 25 heavy (non-hydrogen) atoms. The summed E-state index contributed by atoms with van der Waals surface area (Å²) in [6.07, 6.45) is 6.85. The number of benzene rings is 1. The van der Waals surface area contributed by atoms with Crippen LogP contribution in [0, 0.1) is 0 Å². The second kappa shape index (κ2) is 7.20. The molecule has 0 unspecified atom stereocenters. The maximum Gasteiger partial charge on any atom is 0.261 e. The largest absolute Gasteiger partial charge is 0.360 e. The van der Waals surface area contributed by atoms with Gasteiger partial charge < -0.3 is 5.32 Å². The highest BCUT2D eigenvalue weighted by Crippen LogP contribution is 2.27. The SMILES string of the molecule is O=C1c2ccccc2C(=O)N1CCCCSC1=N[C@H]2CCCC[C@@H]2N1. The maximum atomic E-state index is 12.3. The first-order valence-corrected chi connectivity index (χ1v) is 10.1. The lowest BCUT2D eigenvalue weighted by Crippen LogP contribution is -2.36. The van der Waals surface area contributed by atoms with E-state index in [0.29, 0.717) is 29.8 Å². The van der Waals surface area contributed by atoms with Gasteiger partial charge in [-0.2, -0.15) is 0 Å². The van der Waals surface area contributed by atoms with Crippen molar-refractivity contribution >= 4 is 28.7 Å². The predicted octanol–water partition coefficient (Wildman–Crippen LogP) is 3.07. The number of amides is 2. The van der Waals surface area contributed by atoms with Gasteiger partial charge in [0.25, 0.3) is 11.8 Å². The Balaban J connectivity index is 1.21. The first-order chi connectivity index (χ1) is 12.2. The van der Waals surface area contributed by atoms with Crippen LogP contribution in [-0.4, -0.2) is 46.3 Å². The number of carbonyl (C=O) groups excluding carboxylic acids is 2. The molecule has 0 saturated heterocycles. The van der Waals surface area contributed by atoms with Crippen LogP contribution in [0.15, 0.2) is 29.3 Å². The number of hydrogen-bond acceptors (Lipinski definition) is 5. The number of imide groups is 1. The van der Waals surface area contributed by atoms with Gasteiger partial charge in [-0.3, -0.25) is 19.5 Å². The highest BCUT2D eigenvalue weighted by molar-refractivity contribution is 8.13. The molecule has 132 valence electrons. The zero-order valence-corrected chi connectivity index (χ0v) is 15.1. The Kier molecular flexibility index (Phi) is 4.79. The van der Waals surface area contributed by atoms with Crippen molar-refractivity contribution in [1.82, 2.24) is 10.2 Å². The minimum Gasteiger partial charge on any atom is -0.360 e. The molecule has 4 rings (SSSR count). The summed E-state index contributed by atoms with van der Waals surface area (Å²) in [4.78, 5) is 30.8. The van der Waals surface area contributed by atoms with Gasteiger partial charge in [-0.15, -0.1) is 0 Å². The van der Waals surface area contributed by atoms with E-state index in [-0.39, 0.29) is 11.8 Å². The van der Waals surface area contributed by atoms with Crippen molar-refractivity contribution in [1.29, 1.82) is 0 Å². The van der Waals surface area contributed by atoms with E-state index in [0.717, 1.165) is 23.8 Å². The third-order valence-corrected chi connectivity index (χ3v) is 6.20. The van der Waals surface area contributed by atoms with Crippen molar-refractivity contribution in [2.75, 3.05) is 12.3 Å². The van der Waals surface area contributed by atoms with E-state index in [2.05, 4.69) is 5.32 Å². The lowest BCUT2D eigenvalue weighted by atomic mass is 9.92. The molecule has 0 radical (unpaired) electrons. The monoisotopic (exact) mass is 357 g/mol. The third-order valence-electron chi connectivity index (χ3n) is 5.21. The topological polar surface area (TPSA) is 61.8 Å². The van der Waals surface area contributed by atoms with E-state index in [4.69, 9.17) is 4.99 Å². The van der Waals surface area contributed by atoms with E-state index < -0.39 is 0 Å². The highest BCUT2D eigenvalue weighted by atomic mass is 32.2. The van der Waals surface area contributed by atoms with Crippen LogP contribution in [0.2, 0.25) is 0 Å². The number of hydrogen-bond donors (Lipinski definition) is 1. The lowest BCUT2D eigenvalue weighted by molar-refractivity contribution is 0.0652. The summed E-state index contributed by atoms with van der Waals surface area (Å²) >= 11 is 1.77. The quantitative estimate of drug-likeness (QED) is 0.650. The average Bonchev–Trinajstić information content (AvgIpc) is 3.15. The standard InChI is InChI=1S/C19H23N3O2S/c23-17-13-7-1-2-8-14(13)18(24)22(17)11-5-6-12-25-19-20-15-9-3-4-10-16(15)21-19/h1-2,7-8,15-16H,3-6,9-12H2,(H,20,21)/t15-,16-/m0/s1. The number of nitrogens with one attached hydrogen (secondary N) is 1. The van der Waals surface area contributed by atoms with Crippen LogP contribution in [0.3, 0.4) is 0 Å². The van der Waals surface area contributed by atoms with Crippen LogP contribution in [0.4, 0.5) is 0 Å². The van der Waals surface area contributed by atoms with Gasteiger partial charge in [-0.05, 0) is 37.8 Å². The lowest BCUT2D eigenvalue weighted by Gasteiger charge is -2.23. The minimum atomic E-state index is -0.154. The Labute approximate surface area is 152 Å². The molecule has 5 nitrogen and oxygen atoms in total. The second-order valence-electron chi connectivity index (χ2n) is 6.90. The summed E-state index contributed by atoms with van der Waals surface area (Å²) in [5.41, 5.74) is 1.07. The Hall–Kier alpha value is -1.82. The average molecular weight is 357 g/mol. The van der Waals surface area contributed by atoms with Crippen molar-refractivity contribution in [2.24, 2.45) is 4.99 Å². The molecule has 1 aromatic rings. The number of amidine groups is 1. The van der Waals surface area contributed by atoms with E-state index in [1.54, 1.807) is 36.0 Å². The Bertz CT molecular complexity index is 683. The fraction of sp³-hybridized carbons (Fsp3) is 0.526. The third kappa shape index (κ3) is 3.32. The summed E-state index contributed by atoms with van der Waals surface area (Å²) in [7, 11) is 0. The molecule has 2 amide bonds. The van der Waals surface area contributed by atoms with Crippen molar-refractivity contribution in [3.05, 3.63) is 35.4 Å². The van der Waals surface area contributed by atoms with E-state index in [9.17, 15) is 9.59 Å². The van der Waals surface area contributed by atoms with Gasteiger partial charge in [0.1, 0.15) is 0 Å². The van der Waals surface area contributed by atoms with Gasteiger partial charge in [-0.25, -0.2) is 0 Å². The zero-order valence-electron chi connectivity index (χ0n) is 14.2. The number of carbonyl (C=O) groups is 2. The van der Waals surface area contributed by atoms with Crippen LogP contribution in [0.1, 0.15) is 59.2 Å². The zero-order chi connectivity index (χ0) is 17.2. The number of unbranched alkanes of at least 4 members (excludes halogenated alkanes) is 1. The number of fused-ring (bicyclic) bond motifs is 2. The predicted molar refractivity (Wildman–Crippen MR) is 100 cm³/mol. The van der Waals surface area contributed by atoms with Crippen molar-refractivity contribution in [2.45, 2.75) is 50.6 Å². The fourth-order valence-electron chi connectivity index (χ4n) is 3.84. The van der Waals surface area contributed by atoms with E-state index >= 15 is 0 Å². The Morgan fingerprint density at radius 3 is 2.52 bits per heavy atom. The molecule has 1 saturated carbocycles. The van der Waals surface area contributed by atoms with E-state index in [1.165, 1.54) is 30.6 Å². The summed E-state index contributed by atoms with van der Waals surface area (Å²) in [5.74, 6) is 0.660. The van der Waals surface area contributed by atoms with Crippen molar-refractivity contribution in [3.63, 3.8) is 0 Å². The first kappa shape index (κ1) is 16.6. The number of aliphatic imine (C=N–C) groups is 1. The summed E-state index contributed by atoms with van der Waals surface area (Å²) in [6.45, 7) is 0.498. The molecule has 6 heteroatoms. The number of thioether (sulfide) groups is 1. The van der Waals surface area contributed by atoms with Gasteiger partial charge in [0, 0.05) is 12.3 Å². The van der Waals surface area contributed by atoms with Crippen molar-refractivity contribution in [3.8, 4) is 0 Å². The van der Waals surface area contributed by atoms with Gasteiger partial charge in [-0.1, -0.05) is 36.7 Å². The second-order valence-corrected chi connectivity index (χ2v) is 7.98. The van der Waals surface area contributed by atoms with Gasteiger partial charge in [0.05, 0.1) is 23.2 Å². The number of nitrogens with zero attached hydrogens (tertiary/aromatic N) is 2. The van der Waals surface area contributed by atoms with Crippen LogP contribution in [-0.2, 0) is 0 Å². The molecule has 1 fully saturated rings. The molecule has 3 aliphatic rings. The first-order valence-electron chi connectivity index (χ1n) is 9.16. The summed E-state index contributed by atoms with van der Waals surface area (Å²) in [6, 6.07) is 8.10. The summed E-state index contributed by atoms with van der Waals surface area (Å²) < 4.78 is 0. The Morgan fingerprint density at radius 1 is 1.08 bits per heavy atom. The van der Waals surface area contributed by atoms with Crippen LogP contribution < -0.4 is 5.32 Å². The molecule has 2 atom stereocenters. The van der Waals surface area contributed by atoms with Crippen LogP contribution >= 0.6 is 11.8 Å². The molecule has 1 aliphatic carbocycles. The molecule has 0 bridgehead atoms. The smallest absolute Gasteiger partial charge is 0.261 e. The van der Waals surface area contributed by atoms with Gasteiger partial charge in [0.15, 0.2) is 5.17 Å². The van der Waals surface area contributed by atoms with Crippen LogP contribution in [0.25, 0.3) is 0 Å². The van der Waals surface area contributed by atoms with E-state index in [1.807, 2.05) is 0 Å². The molecule has 2 aliphatic heterocycles.